The van der Waals surface area contributed by atoms with Gasteiger partial charge >= 0.3 is 0 Å². The topological polar surface area (TPSA) is 43.9 Å². The van der Waals surface area contributed by atoms with Gasteiger partial charge < -0.3 is 9.80 Å². The molecular formula is C27H25N3O2. The summed E-state index contributed by atoms with van der Waals surface area (Å²) in [7, 11) is 0. The van der Waals surface area contributed by atoms with E-state index in [9.17, 15) is 9.59 Å². The molecule has 0 radical (unpaired) electrons. The fourth-order valence-electron chi connectivity index (χ4n) is 5.03. The molecule has 0 saturated carbocycles. The third-order valence-electron chi connectivity index (χ3n) is 7.09. The van der Waals surface area contributed by atoms with Crippen molar-refractivity contribution >= 4 is 11.8 Å². The van der Waals surface area contributed by atoms with Crippen molar-refractivity contribution in [2.24, 2.45) is 0 Å². The first-order chi connectivity index (χ1) is 15.7. The lowest BCUT2D eigenvalue weighted by Crippen LogP contribution is -2.70. The summed E-state index contributed by atoms with van der Waals surface area (Å²) < 4.78 is 0. The van der Waals surface area contributed by atoms with Crippen molar-refractivity contribution in [3.05, 3.63) is 95.6 Å². The lowest BCUT2D eigenvalue weighted by Gasteiger charge is -2.53. The van der Waals surface area contributed by atoms with Crippen LogP contribution in [0.3, 0.4) is 0 Å². The van der Waals surface area contributed by atoms with Crippen molar-refractivity contribution in [1.82, 2.24) is 14.7 Å². The third-order valence-corrected chi connectivity index (χ3v) is 7.09. The molecule has 3 heterocycles. The minimum Gasteiger partial charge on any atom is -0.335 e. The molecule has 2 saturated heterocycles. The van der Waals surface area contributed by atoms with Crippen LogP contribution >= 0.6 is 0 Å². The van der Waals surface area contributed by atoms with Gasteiger partial charge in [0.15, 0.2) is 0 Å². The lowest BCUT2D eigenvalue weighted by molar-refractivity contribution is -0.0364. The van der Waals surface area contributed by atoms with E-state index in [1.54, 1.807) is 0 Å². The van der Waals surface area contributed by atoms with Crippen LogP contribution in [0.1, 0.15) is 26.3 Å². The molecule has 160 valence electrons. The zero-order chi connectivity index (χ0) is 21.7. The number of benzene rings is 3. The summed E-state index contributed by atoms with van der Waals surface area (Å²) in [6.45, 7) is 4.05. The molecule has 5 heteroatoms. The Morgan fingerprint density at radius 1 is 0.719 bits per heavy atom. The molecule has 0 spiro atoms. The van der Waals surface area contributed by atoms with Crippen molar-refractivity contribution < 1.29 is 9.59 Å². The van der Waals surface area contributed by atoms with Crippen LogP contribution in [0.2, 0.25) is 0 Å². The Bertz CT molecular complexity index is 1160. The summed E-state index contributed by atoms with van der Waals surface area (Å²) >= 11 is 0. The van der Waals surface area contributed by atoms with Crippen molar-refractivity contribution in [2.75, 3.05) is 26.2 Å². The van der Waals surface area contributed by atoms with Gasteiger partial charge in [-0.05, 0) is 34.9 Å². The van der Waals surface area contributed by atoms with Crippen LogP contribution in [0.4, 0.5) is 0 Å². The maximum atomic E-state index is 12.8. The van der Waals surface area contributed by atoms with E-state index in [-0.39, 0.29) is 17.9 Å². The maximum absolute atomic E-state index is 12.8. The molecule has 6 rings (SSSR count). The van der Waals surface area contributed by atoms with E-state index in [4.69, 9.17) is 0 Å². The molecule has 3 aromatic carbocycles. The fraction of sp³-hybridized carbons (Fsp3) is 0.259. The molecule has 3 aliphatic rings. The van der Waals surface area contributed by atoms with Crippen LogP contribution in [0, 0.1) is 0 Å². The monoisotopic (exact) mass is 423 g/mol. The van der Waals surface area contributed by atoms with E-state index < -0.39 is 0 Å². The zero-order valence-corrected chi connectivity index (χ0v) is 17.9. The van der Waals surface area contributed by atoms with Crippen molar-refractivity contribution in [3.63, 3.8) is 0 Å². The molecule has 0 bridgehead atoms. The molecule has 3 aromatic rings. The molecule has 5 nitrogen and oxygen atoms in total. The standard InChI is InChI=1S/C27H25N3O2/c31-26(21-12-10-20(11-13-21)19-6-2-1-3-7-19)29-15-23(16-29)28-17-24(18-28)30-14-22-8-4-5-9-25(22)27(30)32/h1-13,23-24H,14-18H2. The van der Waals surface area contributed by atoms with Crippen molar-refractivity contribution in [1.29, 1.82) is 0 Å². The molecular weight excluding hydrogens is 398 g/mol. The molecule has 2 amide bonds. The highest BCUT2D eigenvalue weighted by Crippen LogP contribution is 2.31. The van der Waals surface area contributed by atoms with Crippen molar-refractivity contribution in [2.45, 2.75) is 18.6 Å². The number of rotatable bonds is 4. The van der Waals surface area contributed by atoms with Crippen LogP contribution in [0.5, 0.6) is 0 Å². The summed E-state index contributed by atoms with van der Waals surface area (Å²) in [6, 6.07) is 26.7. The summed E-state index contributed by atoms with van der Waals surface area (Å²) in [5.41, 5.74) is 5.00. The largest absolute Gasteiger partial charge is 0.335 e. The SMILES string of the molecule is O=C(c1ccc(-c2ccccc2)cc1)N1CC(N2CC(N3Cc4ccccc4C3=O)C2)C1. The highest BCUT2D eigenvalue weighted by Gasteiger charge is 2.45. The smallest absolute Gasteiger partial charge is 0.254 e. The molecule has 32 heavy (non-hydrogen) atoms. The number of likely N-dealkylation sites (tertiary alicyclic amines) is 2. The van der Waals surface area contributed by atoms with Crippen LogP contribution in [-0.2, 0) is 6.54 Å². The van der Waals surface area contributed by atoms with Gasteiger partial charge in [-0.1, -0.05) is 60.7 Å². The number of carbonyl (C=O) groups is 2. The summed E-state index contributed by atoms with van der Waals surface area (Å²) in [5.74, 6) is 0.262. The molecule has 0 aliphatic carbocycles. The number of nitrogens with zero attached hydrogens (tertiary/aromatic N) is 3. The minimum atomic E-state index is 0.100. The maximum Gasteiger partial charge on any atom is 0.254 e. The molecule has 2 fully saturated rings. The second-order valence-corrected chi connectivity index (χ2v) is 9.01. The van der Waals surface area contributed by atoms with Gasteiger partial charge in [-0.3, -0.25) is 14.5 Å². The van der Waals surface area contributed by atoms with E-state index in [1.807, 2.05) is 76.5 Å². The van der Waals surface area contributed by atoms with Gasteiger partial charge in [0.2, 0.25) is 0 Å². The predicted octanol–water partition coefficient (Wildman–Crippen LogP) is 3.52. The molecule has 0 atom stereocenters. The van der Waals surface area contributed by atoms with Crippen molar-refractivity contribution in [3.8, 4) is 11.1 Å². The zero-order valence-electron chi connectivity index (χ0n) is 17.9. The third kappa shape index (κ3) is 3.21. The highest BCUT2D eigenvalue weighted by atomic mass is 16.2. The normalized spacial score (nSPS) is 18.9. The Morgan fingerprint density at radius 2 is 1.38 bits per heavy atom. The average Bonchev–Trinajstić information content (AvgIpc) is 3.11. The summed E-state index contributed by atoms with van der Waals surface area (Å²) in [4.78, 5) is 31.8. The van der Waals surface area contributed by atoms with Gasteiger partial charge in [0.25, 0.3) is 11.8 Å². The molecule has 0 aromatic heterocycles. The van der Waals surface area contributed by atoms with Gasteiger partial charge in [-0.15, -0.1) is 0 Å². The van der Waals surface area contributed by atoms with Gasteiger partial charge in [0.05, 0.1) is 6.04 Å². The average molecular weight is 424 g/mol. The summed E-state index contributed by atoms with van der Waals surface area (Å²) in [5, 5.41) is 0. The number of fused-ring (bicyclic) bond motifs is 1. The number of amides is 2. The quantitative estimate of drug-likeness (QED) is 0.645. The van der Waals surface area contributed by atoms with Gasteiger partial charge in [0.1, 0.15) is 0 Å². The van der Waals surface area contributed by atoms with Crippen LogP contribution in [0.25, 0.3) is 11.1 Å². The van der Waals surface area contributed by atoms with E-state index in [0.717, 1.165) is 60.5 Å². The Hall–Kier alpha value is -3.44. The fourth-order valence-corrected chi connectivity index (χ4v) is 5.03. The van der Waals surface area contributed by atoms with Crippen LogP contribution in [0.15, 0.2) is 78.9 Å². The Balaban J connectivity index is 1.01. The molecule has 0 N–H and O–H groups in total. The number of carbonyl (C=O) groups excluding carboxylic acids is 2. The van der Waals surface area contributed by atoms with Gasteiger partial charge in [-0.2, -0.15) is 0 Å². The van der Waals surface area contributed by atoms with E-state index >= 15 is 0 Å². The van der Waals surface area contributed by atoms with E-state index in [1.165, 1.54) is 0 Å². The second-order valence-electron chi connectivity index (χ2n) is 9.01. The number of hydrogen-bond acceptors (Lipinski definition) is 3. The predicted molar refractivity (Wildman–Crippen MR) is 123 cm³/mol. The van der Waals surface area contributed by atoms with E-state index in [0.29, 0.717) is 6.04 Å². The lowest BCUT2D eigenvalue weighted by atomic mass is 9.97. The Labute approximate surface area is 187 Å². The first kappa shape index (κ1) is 19.3. The highest BCUT2D eigenvalue weighted by molar-refractivity contribution is 5.98. The first-order valence-corrected chi connectivity index (χ1v) is 11.2. The molecule has 0 unspecified atom stereocenters. The van der Waals surface area contributed by atoms with Crippen LogP contribution < -0.4 is 0 Å². The first-order valence-electron chi connectivity index (χ1n) is 11.2. The van der Waals surface area contributed by atoms with E-state index in [2.05, 4.69) is 17.0 Å². The number of hydrogen-bond donors (Lipinski definition) is 0. The second kappa shape index (κ2) is 7.61. The van der Waals surface area contributed by atoms with Gasteiger partial charge in [0, 0.05) is 49.9 Å². The Morgan fingerprint density at radius 3 is 2.09 bits per heavy atom. The minimum absolute atomic E-state index is 0.100. The van der Waals surface area contributed by atoms with Crippen LogP contribution in [-0.4, -0.2) is 64.8 Å². The Kier molecular flexibility index (Phi) is 4.58. The van der Waals surface area contributed by atoms with Gasteiger partial charge in [-0.25, -0.2) is 0 Å². The molecule has 3 aliphatic heterocycles. The summed E-state index contributed by atoms with van der Waals surface area (Å²) in [6.07, 6.45) is 0.